The predicted octanol–water partition coefficient (Wildman–Crippen LogP) is 4.97. The Bertz CT molecular complexity index is 1030. The fourth-order valence-corrected chi connectivity index (χ4v) is 4.50. The third-order valence-corrected chi connectivity index (χ3v) is 6.57. The molecule has 2 amide bonds. The number of benzene rings is 2. The Morgan fingerprint density at radius 3 is 2.17 bits per heavy atom. The Morgan fingerprint density at radius 2 is 1.69 bits per heavy atom. The highest BCUT2D eigenvalue weighted by Crippen LogP contribution is 2.46. The normalized spacial score (nSPS) is 16.5. The topological polar surface area (TPSA) is 88.1 Å². The molecule has 0 aromatic heterocycles. The molecule has 0 aliphatic heterocycles. The zero-order chi connectivity index (χ0) is 25.8. The quantitative estimate of drug-likeness (QED) is 0.491. The van der Waals surface area contributed by atoms with Crippen LogP contribution < -0.4 is 14.8 Å². The molecule has 190 valence electrons. The first-order valence-electron chi connectivity index (χ1n) is 11.5. The number of carboxylic acid groups (broad SMARTS) is 1. The largest absolute Gasteiger partial charge is 0.496 e. The highest BCUT2D eigenvalue weighted by molar-refractivity contribution is 5.88. The fraction of sp³-hybridized carbons (Fsp3) is 0.462. The standard InChI is InChI=1S/C26H32F2N2O5/c1-17-21(34-3)13-20(14-22(17)35-4)18(2)30(12-8-11-19-9-6-5-7-10-19)24(33)29-25(23(31)32)15-26(27,28)16-25/h5-7,9-10,13-14,18H,8,11-12,15-16H2,1-4H3,(H,29,33)(H,31,32)/t18-/m1/s1. The summed E-state index contributed by atoms with van der Waals surface area (Å²) in [6.07, 6.45) is -0.572. The molecule has 0 unspecified atom stereocenters. The van der Waals surface area contributed by atoms with Crippen LogP contribution in [0.2, 0.25) is 0 Å². The molecule has 0 heterocycles. The van der Waals surface area contributed by atoms with Crippen molar-refractivity contribution in [3.8, 4) is 11.5 Å². The van der Waals surface area contributed by atoms with E-state index in [9.17, 15) is 23.5 Å². The third kappa shape index (κ3) is 5.83. The number of amides is 2. The first-order chi connectivity index (χ1) is 16.5. The lowest BCUT2D eigenvalue weighted by Crippen LogP contribution is -2.68. The molecular weight excluding hydrogens is 458 g/mol. The molecular formula is C26H32F2N2O5. The van der Waals surface area contributed by atoms with Crippen LogP contribution in [-0.2, 0) is 11.2 Å². The average Bonchev–Trinajstić information content (AvgIpc) is 2.80. The zero-order valence-corrected chi connectivity index (χ0v) is 20.4. The van der Waals surface area contributed by atoms with E-state index in [2.05, 4.69) is 5.32 Å². The van der Waals surface area contributed by atoms with Crippen LogP contribution in [0, 0.1) is 6.92 Å². The summed E-state index contributed by atoms with van der Waals surface area (Å²) in [5.41, 5.74) is 0.621. The number of carboxylic acids is 1. The summed E-state index contributed by atoms with van der Waals surface area (Å²) in [5.74, 6) is -3.42. The number of nitrogens with zero attached hydrogens (tertiary/aromatic N) is 1. The smallest absolute Gasteiger partial charge is 0.329 e. The Balaban J connectivity index is 1.87. The van der Waals surface area contributed by atoms with E-state index >= 15 is 0 Å². The lowest BCUT2D eigenvalue weighted by Gasteiger charge is -2.45. The highest BCUT2D eigenvalue weighted by Gasteiger charge is 2.62. The molecule has 35 heavy (non-hydrogen) atoms. The van der Waals surface area contributed by atoms with E-state index in [4.69, 9.17) is 9.47 Å². The maximum Gasteiger partial charge on any atom is 0.329 e. The van der Waals surface area contributed by atoms with Gasteiger partial charge in [0.05, 0.1) is 20.3 Å². The van der Waals surface area contributed by atoms with Crippen molar-refractivity contribution in [3.05, 3.63) is 59.2 Å². The van der Waals surface area contributed by atoms with Crippen molar-refractivity contribution in [3.63, 3.8) is 0 Å². The van der Waals surface area contributed by atoms with Gasteiger partial charge >= 0.3 is 12.0 Å². The van der Waals surface area contributed by atoms with Gasteiger partial charge in [0.25, 0.3) is 5.92 Å². The van der Waals surface area contributed by atoms with Gasteiger partial charge in [0.1, 0.15) is 11.5 Å². The van der Waals surface area contributed by atoms with Crippen LogP contribution in [0.5, 0.6) is 11.5 Å². The number of carbonyl (C=O) groups excluding carboxylic acids is 1. The van der Waals surface area contributed by atoms with Crippen LogP contribution >= 0.6 is 0 Å². The number of ether oxygens (including phenoxy) is 2. The molecule has 9 heteroatoms. The van der Waals surface area contributed by atoms with Crippen molar-refractivity contribution in [2.45, 2.75) is 57.0 Å². The number of hydrogen-bond acceptors (Lipinski definition) is 4. The Labute approximate surface area is 204 Å². The predicted molar refractivity (Wildman–Crippen MR) is 127 cm³/mol. The SMILES string of the molecule is COc1cc([C@@H](C)N(CCCc2ccccc2)C(=O)NC2(C(=O)O)CC(F)(F)C2)cc(OC)c1C. The van der Waals surface area contributed by atoms with Crippen molar-refractivity contribution < 1.29 is 33.0 Å². The van der Waals surface area contributed by atoms with Gasteiger partial charge in [-0.15, -0.1) is 0 Å². The summed E-state index contributed by atoms with van der Waals surface area (Å²) < 4.78 is 38.1. The van der Waals surface area contributed by atoms with E-state index in [1.807, 2.05) is 37.3 Å². The molecule has 0 radical (unpaired) electrons. The van der Waals surface area contributed by atoms with Crippen molar-refractivity contribution in [2.75, 3.05) is 20.8 Å². The highest BCUT2D eigenvalue weighted by atomic mass is 19.3. The number of rotatable bonds is 10. The molecule has 0 bridgehead atoms. The Morgan fingerprint density at radius 1 is 1.11 bits per heavy atom. The van der Waals surface area contributed by atoms with Crippen LogP contribution in [-0.4, -0.2) is 54.2 Å². The van der Waals surface area contributed by atoms with Crippen molar-refractivity contribution in [1.29, 1.82) is 0 Å². The number of nitrogens with one attached hydrogen (secondary N) is 1. The monoisotopic (exact) mass is 490 g/mol. The molecule has 1 saturated carbocycles. The minimum absolute atomic E-state index is 0.284. The number of aliphatic carboxylic acids is 1. The molecule has 1 aliphatic rings. The summed E-state index contributed by atoms with van der Waals surface area (Å²) in [6, 6.07) is 12.1. The van der Waals surface area contributed by atoms with E-state index in [-0.39, 0.29) is 6.54 Å². The number of aryl methyl sites for hydroxylation is 1. The Kier molecular flexibility index (Phi) is 7.87. The molecule has 2 aromatic rings. The van der Waals surface area contributed by atoms with E-state index in [1.54, 1.807) is 19.1 Å². The summed E-state index contributed by atoms with van der Waals surface area (Å²) >= 11 is 0. The van der Waals surface area contributed by atoms with Crippen LogP contribution in [0.15, 0.2) is 42.5 Å². The molecule has 7 nitrogen and oxygen atoms in total. The summed E-state index contributed by atoms with van der Waals surface area (Å²) in [6.45, 7) is 3.94. The second-order valence-electron chi connectivity index (χ2n) is 9.04. The van der Waals surface area contributed by atoms with E-state index in [1.165, 1.54) is 19.1 Å². The molecule has 3 rings (SSSR count). The van der Waals surface area contributed by atoms with Gasteiger partial charge in [0, 0.05) is 24.9 Å². The summed E-state index contributed by atoms with van der Waals surface area (Å²) in [7, 11) is 3.07. The lowest BCUT2D eigenvalue weighted by atomic mass is 9.73. The van der Waals surface area contributed by atoms with Gasteiger partial charge in [0.15, 0.2) is 5.54 Å². The number of hydrogen-bond donors (Lipinski definition) is 2. The van der Waals surface area contributed by atoms with Gasteiger partial charge in [-0.05, 0) is 49.9 Å². The van der Waals surface area contributed by atoms with Crippen molar-refractivity contribution in [2.24, 2.45) is 0 Å². The van der Waals surface area contributed by atoms with E-state index in [0.717, 1.165) is 11.1 Å². The van der Waals surface area contributed by atoms with Gasteiger partial charge in [-0.3, -0.25) is 0 Å². The number of carbonyl (C=O) groups is 2. The first kappa shape index (κ1) is 26.2. The third-order valence-electron chi connectivity index (χ3n) is 6.57. The number of methoxy groups -OCH3 is 2. The molecule has 1 fully saturated rings. The van der Waals surface area contributed by atoms with E-state index < -0.39 is 42.3 Å². The molecule has 0 spiro atoms. The minimum atomic E-state index is -3.12. The fourth-order valence-electron chi connectivity index (χ4n) is 4.50. The van der Waals surface area contributed by atoms with Gasteiger partial charge in [0.2, 0.25) is 0 Å². The Hall–Kier alpha value is -3.36. The maximum absolute atomic E-state index is 13.6. The van der Waals surface area contributed by atoms with Gasteiger partial charge in [-0.2, -0.15) is 0 Å². The molecule has 1 atom stereocenters. The van der Waals surface area contributed by atoms with Gasteiger partial charge < -0.3 is 24.8 Å². The van der Waals surface area contributed by atoms with Crippen LogP contribution in [0.1, 0.15) is 48.9 Å². The van der Waals surface area contributed by atoms with Crippen molar-refractivity contribution >= 4 is 12.0 Å². The van der Waals surface area contributed by atoms with Gasteiger partial charge in [-0.25, -0.2) is 18.4 Å². The first-order valence-corrected chi connectivity index (χ1v) is 11.5. The zero-order valence-electron chi connectivity index (χ0n) is 20.4. The lowest BCUT2D eigenvalue weighted by molar-refractivity contribution is -0.175. The molecule has 2 N–H and O–H groups in total. The van der Waals surface area contributed by atoms with Crippen LogP contribution in [0.4, 0.5) is 13.6 Å². The second-order valence-corrected chi connectivity index (χ2v) is 9.04. The molecule has 0 saturated heterocycles. The van der Waals surface area contributed by atoms with Crippen LogP contribution in [0.25, 0.3) is 0 Å². The second kappa shape index (κ2) is 10.5. The summed E-state index contributed by atoms with van der Waals surface area (Å²) in [4.78, 5) is 26.6. The maximum atomic E-state index is 13.6. The molecule has 2 aromatic carbocycles. The van der Waals surface area contributed by atoms with Gasteiger partial charge in [-0.1, -0.05) is 30.3 Å². The average molecular weight is 491 g/mol. The number of alkyl halides is 2. The van der Waals surface area contributed by atoms with Crippen LogP contribution in [0.3, 0.4) is 0 Å². The number of halogens is 2. The van der Waals surface area contributed by atoms with Crippen molar-refractivity contribution in [1.82, 2.24) is 10.2 Å². The summed E-state index contributed by atoms with van der Waals surface area (Å²) in [5, 5.41) is 12.0. The number of urea groups is 1. The molecule has 1 aliphatic carbocycles. The minimum Gasteiger partial charge on any atom is -0.496 e. The van der Waals surface area contributed by atoms with E-state index in [0.29, 0.717) is 29.9 Å².